The molecule has 0 aliphatic carbocycles. The highest BCUT2D eigenvalue weighted by Crippen LogP contribution is 2.17. The highest BCUT2D eigenvalue weighted by atomic mass is 16.1. The van der Waals surface area contributed by atoms with E-state index < -0.39 is 0 Å². The number of aromatic nitrogens is 2. The SMILES string of the molecule is Cc1ccc(C(C)NC(=O)CCc2c(C)nn(CCC#N)c2C)cc1. The van der Waals surface area contributed by atoms with Crippen LogP contribution in [-0.2, 0) is 17.8 Å². The Morgan fingerprint density at radius 3 is 2.60 bits per heavy atom. The molecule has 0 saturated heterocycles. The van der Waals surface area contributed by atoms with Gasteiger partial charge in [-0.05, 0) is 45.2 Å². The van der Waals surface area contributed by atoms with Gasteiger partial charge in [0.25, 0.3) is 0 Å². The van der Waals surface area contributed by atoms with Gasteiger partial charge < -0.3 is 5.32 Å². The summed E-state index contributed by atoms with van der Waals surface area (Å²) < 4.78 is 1.86. The van der Waals surface area contributed by atoms with Crippen LogP contribution in [0.2, 0.25) is 0 Å². The smallest absolute Gasteiger partial charge is 0.220 e. The van der Waals surface area contributed by atoms with E-state index in [4.69, 9.17) is 5.26 Å². The zero-order valence-corrected chi connectivity index (χ0v) is 15.5. The van der Waals surface area contributed by atoms with Crippen LogP contribution < -0.4 is 5.32 Å². The van der Waals surface area contributed by atoms with Crippen LogP contribution in [0, 0.1) is 32.1 Å². The number of benzene rings is 1. The molecule has 1 N–H and O–H groups in total. The van der Waals surface area contributed by atoms with Crippen molar-refractivity contribution in [3.05, 3.63) is 52.3 Å². The van der Waals surface area contributed by atoms with Crippen LogP contribution in [0.1, 0.15) is 53.9 Å². The molecule has 1 amide bonds. The average molecular weight is 338 g/mol. The summed E-state index contributed by atoms with van der Waals surface area (Å²) >= 11 is 0. The second-order valence-corrected chi connectivity index (χ2v) is 6.48. The van der Waals surface area contributed by atoms with Crippen molar-refractivity contribution in [3.8, 4) is 6.07 Å². The van der Waals surface area contributed by atoms with Crippen LogP contribution in [0.3, 0.4) is 0 Å². The van der Waals surface area contributed by atoms with Gasteiger partial charge in [-0.25, -0.2) is 0 Å². The Morgan fingerprint density at radius 2 is 1.96 bits per heavy atom. The summed E-state index contributed by atoms with van der Waals surface area (Å²) in [4.78, 5) is 12.3. The van der Waals surface area contributed by atoms with E-state index >= 15 is 0 Å². The van der Waals surface area contributed by atoms with E-state index in [1.165, 1.54) is 5.56 Å². The van der Waals surface area contributed by atoms with E-state index in [0.29, 0.717) is 25.8 Å². The first-order valence-corrected chi connectivity index (χ1v) is 8.68. The van der Waals surface area contributed by atoms with Gasteiger partial charge in [0.05, 0.1) is 30.8 Å². The van der Waals surface area contributed by atoms with Crippen molar-refractivity contribution in [2.45, 2.75) is 59.5 Å². The molecule has 1 heterocycles. The number of carbonyl (C=O) groups is 1. The molecule has 2 aromatic rings. The lowest BCUT2D eigenvalue weighted by atomic mass is 10.1. The van der Waals surface area contributed by atoms with E-state index in [-0.39, 0.29) is 11.9 Å². The molecule has 0 bridgehead atoms. The number of amides is 1. The lowest BCUT2D eigenvalue weighted by molar-refractivity contribution is -0.121. The maximum absolute atomic E-state index is 12.3. The molecular weight excluding hydrogens is 312 g/mol. The van der Waals surface area contributed by atoms with Crippen LogP contribution >= 0.6 is 0 Å². The van der Waals surface area contributed by atoms with Crippen molar-refractivity contribution in [2.75, 3.05) is 0 Å². The molecule has 1 atom stereocenters. The molecule has 25 heavy (non-hydrogen) atoms. The Bertz CT molecular complexity index is 768. The second kappa shape index (κ2) is 8.48. The Labute approximate surface area is 149 Å². The monoisotopic (exact) mass is 338 g/mol. The van der Waals surface area contributed by atoms with Gasteiger partial charge in [0.15, 0.2) is 0 Å². The zero-order valence-electron chi connectivity index (χ0n) is 15.5. The standard InChI is InChI=1S/C20H26N4O/c1-14-6-8-18(9-7-14)15(2)22-20(25)11-10-19-16(3)23-24(17(19)4)13-5-12-21/h6-9,15H,5,10-11,13H2,1-4H3,(H,22,25). The van der Waals surface area contributed by atoms with Crippen LogP contribution in [0.4, 0.5) is 0 Å². The molecular formula is C20H26N4O. The van der Waals surface area contributed by atoms with Gasteiger partial charge >= 0.3 is 0 Å². The summed E-state index contributed by atoms with van der Waals surface area (Å²) in [6, 6.07) is 10.3. The molecule has 0 fully saturated rings. The summed E-state index contributed by atoms with van der Waals surface area (Å²) in [6.07, 6.45) is 1.54. The fraction of sp³-hybridized carbons (Fsp3) is 0.450. The van der Waals surface area contributed by atoms with Crippen molar-refractivity contribution < 1.29 is 4.79 Å². The molecule has 0 spiro atoms. The van der Waals surface area contributed by atoms with Crippen molar-refractivity contribution in [1.29, 1.82) is 5.26 Å². The minimum absolute atomic E-state index is 0.00588. The van der Waals surface area contributed by atoms with E-state index in [1.54, 1.807) is 0 Å². The van der Waals surface area contributed by atoms with Gasteiger partial charge in [-0.3, -0.25) is 9.48 Å². The molecule has 0 saturated carbocycles. The van der Waals surface area contributed by atoms with Gasteiger partial charge in [-0.1, -0.05) is 29.8 Å². The first-order chi connectivity index (χ1) is 11.9. The van der Waals surface area contributed by atoms with E-state index in [9.17, 15) is 4.79 Å². The molecule has 2 rings (SSSR count). The highest BCUT2D eigenvalue weighted by molar-refractivity contribution is 5.76. The predicted molar refractivity (Wildman–Crippen MR) is 98.0 cm³/mol. The minimum atomic E-state index is -0.00588. The summed E-state index contributed by atoms with van der Waals surface area (Å²) in [6.45, 7) is 8.60. The number of aryl methyl sites for hydroxylation is 3. The van der Waals surface area contributed by atoms with Crippen LogP contribution in [0.25, 0.3) is 0 Å². The molecule has 0 aliphatic rings. The maximum Gasteiger partial charge on any atom is 0.220 e. The largest absolute Gasteiger partial charge is 0.350 e. The second-order valence-electron chi connectivity index (χ2n) is 6.48. The summed E-state index contributed by atoms with van der Waals surface area (Å²) in [5.74, 6) is 0.0386. The predicted octanol–water partition coefficient (Wildman–Crippen LogP) is 3.53. The molecule has 1 aromatic heterocycles. The van der Waals surface area contributed by atoms with E-state index in [2.05, 4.69) is 35.5 Å². The third-order valence-electron chi connectivity index (χ3n) is 4.52. The fourth-order valence-corrected chi connectivity index (χ4v) is 2.96. The fourth-order valence-electron chi connectivity index (χ4n) is 2.96. The Balaban J connectivity index is 1.92. The normalized spacial score (nSPS) is 11.8. The summed E-state index contributed by atoms with van der Waals surface area (Å²) in [5, 5.41) is 16.3. The van der Waals surface area contributed by atoms with Crippen LogP contribution in [0.15, 0.2) is 24.3 Å². The van der Waals surface area contributed by atoms with E-state index in [1.807, 2.05) is 37.6 Å². The Kier molecular flexibility index (Phi) is 6.35. The number of nitrogens with one attached hydrogen (secondary N) is 1. The first-order valence-electron chi connectivity index (χ1n) is 8.68. The number of hydrogen-bond acceptors (Lipinski definition) is 3. The number of nitriles is 1. The third-order valence-corrected chi connectivity index (χ3v) is 4.52. The zero-order chi connectivity index (χ0) is 18.4. The summed E-state index contributed by atoms with van der Waals surface area (Å²) in [7, 11) is 0. The Hall–Kier alpha value is -2.61. The molecule has 1 unspecified atom stereocenters. The van der Waals surface area contributed by atoms with Gasteiger partial charge in [0.1, 0.15) is 0 Å². The van der Waals surface area contributed by atoms with Gasteiger partial charge in [-0.15, -0.1) is 0 Å². The van der Waals surface area contributed by atoms with Crippen molar-refractivity contribution in [3.63, 3.8) is 0 Å². The van der Waals surface area contributed by atoms with Crippen molar-refractivity contribution in [2.24, 2.45) is 0 Å². The molecule has 0 aliphatic heterocycles. The molecule has 5 nitrogen and oxygen atoms in total. The minimum Gasteiger partial charge on any atom is -0.350 e. The van der Waals surface area contributed by atoms with Crippen molar-refractivity contribution >= 4 is 5.91 Å². The number of rotatable bonds is 7. The highest BCUT2D eigenvalue weighted by Gasteiger charge is 2.14. The number of nitrogens with zero attached hydrogens (tertiary/aromatic N) is 3. The summed E-state index contributed by atoms with van der Waals surface area (Å²) in [5.41, 5.74) is 5.41. The lowest BCUT2D eigenvalue weighted by Crippen LogP contribution is -2.26. The molecule has 0 radical (unpaired) electrons. The van der Waals surface area contributed by atoms with Crippen LogP contribution in [-0.4, -0.2) is 15.7 Å². The van der Waals surface area contributed by atoms with Gasteiger partial charge in [-0.2, -0.15) is 10.4 Å². The maximum atomic E-state index is 12.3. The topological polar surface area (TPSA) is 70.7 Å². The lowest BCUT2D eigenvalue weighted by Gasteiger charge is -2.14. The van der Waals surface area contributed by atoms with Gasteiger partial charge in [0, 0.05) is 12.1 Å². The molecule has 132 valence electrons. The molecule has 5 heteroatoms. The average Bonchev–Trinajstić information content (AvgIpc) is 2.85. The Morgan fingerprint density at radius 1 is 1.28 bits per heavy atom. The number of hydrogen-bond donors (Lipinski definition) is 1. The van der Waals surface area contributed by atoms with Crippen LogP contribution in [0.5, 0.6) is 0 Å². The number of carbonyl (C=O) groups excluding carboxylic acids is 1. The van der Waals surface area contributed by atoms with E-state index in [0.717, 1.165) is 22.5 Å². The third kappa shape index (κ3) is 4.93. The molecule has 1 aromatic carbocycles. The van der Waals surface area contributed by atoms with Gasteiger partial charge in [0.2, 0.25) is 5.91 Å². The van der Waals surface area contributed by atoms with Crippen molar-refractivity contribution in [1.82, 2.24) is 15.1 Å². The quantitative estimate of drug-likeness (QED) is 0.839. The first kappa shape index (κ1) is 18.7.